The van der Waals surface area contributed by atoms with E-state index in [1.54, 1.807) is 20.1 Å². The van der Waals surface area contributed by atoms with Crippen molar-refractivity contribution in [3.63, 3.8) is 0 Å². The summed E-state index contributed by atoms with van der Waals surface area (Å²) in [6.07, 6.45) is 0. The Morgan fingerprint density at radius 2 is 1.86 bits per heavy atom. The molecule has 35 heavy (non-hydrogen) atoms. The second kappa shape index (κ2) is 10.4. The molecule has 0 unspecified atom stereocenters. The molecule has 184 valence electrons. The first-order valence-electron chi connectivity index (χ1n) is 11.3. The lowest BCUT2D eigenvalue weighted by atomic mass is 9.91. The van der Waals surface area contributed by atoms with E-state index in [1.165, 1.54) is 18.2 Å². The average molecular weight is 482 g/mol. The summed E-state index contributed by atoms with van der Waals surface area (Å²) in [6, 6.07) is 12.7. The van der Waals surface area contributed by atoms with Crippen LogP contribution in [0.4, 0.5) is 11.4 Å². The SMILES string of the molecule is CCOC(=O)[C@H]1C(=O)NC(N2CCN(c3cccc(OC)c3)CC2)=N[C@@H]1c1cccc([N+](=O)[O-])c1. The Hall–Kier alpha value is -4.15. The van der Waals surface area contributed by atoms with Crippen LogP contribution in [0.3, 0.4) is 0 Å². The Bertz CT molecular complexity index is 1140. The van der Waals surface area contributed by atoms with E-state index in [4.69, 9.17) is 9.47 Å². The van der Waals surface area contributed by atoms with Gasteiger partial charge < -0.3 is 19.3 Å². The summed E-state index contributed by atoms with van der Waals surface area (Å²) in [4.78, 5) is 45.3. The highest BCUT2D eigenvalue weighted by Crippen LogP contribution is 2.33. The zero-order chi connectivity index (χ0) is 24.9. The molecular formula is C24H27N5O6. The average Bonchev–Trinajstić information content (AvgIpc) is 2.88. The van der Waals surface area contributed by atoms with Gasteiger partial charge in [-0.15, -0.1) is 0 Å². The molecule has 4 rings (SSSR count). The summed E-state index contributed by atoms with van der Waals surface area (Å²) in [5.41, 5.74) is 1.30. The molecule has 2 aromatic rings. The summed E-state index contributed by atoms with van der Waals surface area (Å²) in [5.74, 6) is -1.37. The number of hydrogen-bond acceptors (Lipinski definition) is 9. The number of nitro benzene ring substituents is 1. The fraction of sp³-hybridized carbons (Fsp3) is 0.375. The number of amides is 1. The van der Waals surface area contributed by atoms with Gasteiger partial charge in [0.05, 0.1) is 18.6 Å². The lowest BCUT2D eigenvalue weighted by Gasteiger charge is -2.39. The minimum Gasteiger partial charge on any atom is -0.497 e. The molecule has 2 aliphatic rings. The number of guanidine groups is 1. The van der Waals surface area contributed by atoms with E-state index in [-0.39, 0.29) is 12.3 Å². The zero-order valence-corrected chi connectivity index (χ0v) is 19.5. The van der Waals surface area contributed by atoms with Crippen molar-refractivity contribution in [2.45, 2.75) is 13.0 Å². The topological polar surface area (TPSA) is 127 Å². The van der Waals surface area contributed by atoms with Crippen molar-refractivity contribution in [1.29, 1.82) is 0 Å². The number of hydrogen-bond donors (Lipinski definition) is 1. The van der Waals surface area contributed by atoms with Crippen LogP contribution in [0.15, 0.2) is 53.5 Å². The third-order valence-electron chi connectivity index (χ3n) is 6.06. The highest BCUT2D eigenvalue weighted by molar-refractivity contribution is 6.08. The van der Waals surface area contributed by atoms with E-state index in [0.29, 0.717) is 37.7 Å². The molecular weight excluding hydrogens is 454 g/mol. The van der Waals surface area contributed by atoms with Crippen LogP contribution >= 0.6 is 0 Å². The maximum Gasteiger partial charge on any atom is 0.321 e. The Morgan fingerprint density at radius 1 is 1.14 bits per heavy atom. The Morgan fingerprint density at radius 3 is 2.54 bits per heavy atom. The molecule has 2 atom stereocenters. The van der Waals surface area contributed by atoms with Gasteiger partial charge in [-0.3, -0.25) is 25.0 Å². The number of non-ortho nitro benzene ring substituents is 1. The fourth-order valence-electron chi connectivity index (χ4n) is 4.27. The van der Waals surface area contributed by atoms with Gasteiger partial charge in [0.15, 0.2) is 5.92 Å². The molecule has 2 aromatic carbocycles. The number of nitrogens with zero attached hydrogens (tertiary/aromatic N) is 4. The number of ether oxygens (including phenoxy) is 2. The predicted octanol–water partition coefficient (Wildman–Crippen LogP) is 2.13. The summed E-state index contributed by atoms with van der Waals surface area (Å²) in [6.45, 7) is 4.30. The van der Waals surface area contributed by atoms with Crippen molar-refractivity contribution in [2.24, 2.45) is 10.9 Å². The fourth-order valence-corrected chi connectivity index (χ4v) is 4.27. The number of esters is 1. The largest absolute Gasteiger partial charge is 0.497 e. The molecule has 0 bridgehead atoms. The maximum atomic E-state index is 13.0. The van der Waals surface area contributed by atoms with Gasteiger partial charge in [-0.1, -0.05) is 18.2 Å². The van der Waals surface area contributed by atoms with Crippen LogP contribution in [0.25, 0.3) is 0 Å². The minimum absolute atomic E-state index is 0.104. The van der Waals surface area contributed by atoms with Gasteiger partial charge in [-0.25, -0.2) is 4.99 Å². The summed E-state index contributed by atoms with van der Waals surface area (Å²) in [7, 11) is 1.63. The number of carbonyl (C=O) groups is 2. The number of carbonyl (C=O) groups excluding carboxylic acids is 2. The minimum atomic E-state index is -1.24. The molecule has 1 amide bonds. The number of nitrogens with one attached hydrogen (secondary N) is 1. The highest BCUT2D eigenvalue weighted by Gasteiger charge is 2.42. The summed E-state index contributed by atoms with van der Waals surface area (Å²) in [5, 5.41) is 14.0. The number of aliphatic imine (C=N–C) groups is 1. The lowest BCUT2D eigenvalue weighted by Crippen LogP contribution is -2.57. The molecule has 1 N–H and O–H groups in total. The predicted molar refractivity (Wildman–Crippen MR) is 128 cm³/mol. The first kappa shape index (κ1) is 24.0. The normalized spacial score (nSPS) is 20.1. The molecule has 2 heterocycles. The van der Waals surface area contributed by atoms with Crippen LogP contribution in [0.1, 0.15) is 18.5 Å². The van der Waals surface area contributed by atoms with Crippen LogP contribution in [0, 0.1) is 16.0 Å². The second-order valence-corrected chi connectivity index (χ2v) is 8.14. The molecule has 0 spiro atoms. The number of anilines is 1. The number of benzene rings is 2. The van der Waals surface area contributed by atoms with Crippen LogP contribution in [0.2, 0.25) is 0 Å². The van der Waals surface area contributed by atoms with E-state index < -0.39 is 28.8 Å². The molecule has 11 nitrogen and oxygen atoms in total. The van der Waals surface area contributed by atoms with Crippen molar-refractivity contribution >= 4 is 29.2 Å². The maximum absolute atomic E-state index is 13.0. The van der Waals surface area contributed by atoms with Gasteiger partial charge >= 0.3 is 5.97 Å². The third kappa shape index (κ3) is 5.18. The van der Waals surface area contributed by atoms with Crippen LogP contribution in [-0.4, -0.2) is 67.6 Å². The number of rotatable bonds is 6. The summed E-state index contributed by atoms with van der Waals surface area (Å²) >= 11 is 0. The van der Waals surface area contributed by atoms with Gasteiger partial charge in [0, 0.05) is 50.1 Å². The lowest BCUT2D eigenvalue weighted by molar-refractivity contribution is -0.384. The van der Waals surface area contributed by atoms with Gasteiger partial charge in [-0.2, -0.15) is 0 Å². The Kier molecular flexibility index (Phi) is 7.14. The second-order valence-electron chi connectivity index (χ2n) is 8.14. The monoisotopic (exact) mass is 481 g/mol. The standard InChI is InChI=1S/C24H27N5O6/c1-3-35-23(31)20-21(16-6-4-8-18(14-16)29(32)33)25-24(26-22(20)30)28-12-10-27(11-13-28)17-7-5-9-19(15-17)34-2/h4-9,14-15,20-21H,3,10-13H2,1-2H3,(H,25,26,30)/t20-,21-/m1/s1. The van der Waals surface area contributed by atoms with Crippen molar-refractivity contribution in [3.8, 4) is 5.75 Å². The quantitative estimate of drug-likeness (QED) is 0.288. The molecule has 0 aromatic heterocycles. The third-order valence-corrected chi connectivity index (χ3v) is 6.06. The van der Waals surface area contributed by atoms with Crippen LogP contribution in [0.5, 0.6) is 5.75 Å². The van der Waals surface area contributed by atoms with Crippen molar-refractivity contribution in [3.05, 3.63) is 64.2 Å². The molecule has 0 saturated carbocycles. The molecule has 1 saturated heterocycles. The van der Waals surface area contributed by atoms with E-state index in [1.807, 2.05) is 29.2 Å². The molecule has 0 aliphatic carbocycles. The first-order chi connectivity index (χ1) is 16.9. The zero-order valence-electron chi connectivity index (χ0n) is 19.5. The van der Waals surface area contributed by atoms with E-state index in [2.05, 4.69) is 15.2 Å². The smallest absolute Gasteiger partial charge is 0.321 e. The van der Waals surface area contributed by atoms with Crippen LogP contribution in [-0.2, 0) is 14.3 Å². The first-order valence-corrected chi connectivity index (χ1v) is 11.3. The summed E-state index contributed by atoms with van der Waals surface area (Å²) < 4.78 is 10.4. The highest BCUT2D eigenvalue weighted by atomic mass is 16.6. The van der Waals surface area contributed by atoms with E-state index >= 15 is 0 Å². The van der Waals surface area contributed by atoms with E-state index in [9.17, 15) is 19.7 Å². The van der Waals surface area contributed by atoms with Gasteiger partial charge in [0.25, 0.3) is 5.69 Å². The number of nitro groups is 1. The Balaban J connectivity index is 1.58. The molecule has 1 fully saturated rings. The van der Waals surface area contributed by atoms with Crippen molar-refractivity contribution < 1.29 is 24.0 Å². The number of methoxy groups -OCH3 is 1. The van der Waals surface area contributed by atoms with Gasteiger partial charge in [-0.05, 0) is 24.6 Å². The Labute approximate surface area is 202 Å². The van der Waals surface area contributed by atoms with Crippen LogP contribution < -0.4 is 15.0 Å². The molecule has 11 heteroatoms. The number of piperazine rings is 1. The molecule has 0 radical (unpaired) electrons. The molecule has 2 aliphatic heterocycles. The van der Waals surface area contributed by atoms with Crippen molar-refractivity contribution in [1.82, 2.24) is 10.2 Å². The van der Waals surface area contributed by atoms with E-state index in [0.717, 1.165) is 11.4 Å². The van der Waals surface area contributed by atoms with Crippen molar-refractivity contribution in [2.75, 3.05) is 44.8 Å². The van der Waals surface area contributed by atoms with Gasteiger partial charge in [0.1, 0.15) is 11.8 Å². The van der Waals surface area contributed by atoms with Gasteiger partial charge in [0.2, 0.25) is 11.9 Å².